The minimum atomic E-state index is 0.0110. The van der Waals surface area contributed by atoms with Gasteiger partial charge in [-0.05, 0) is 13.3 Å². The molecule has 0 fully saturated rings. The number of hydrogen-bond acceptors (Lipinski definition) is 2. The molecule has 1 N–H and O–H groups in total. The molecule has 0 radical (unpaired) electrons. The van der Waals surface area contributed by atoms with E-state index in [-0.39, 0.29) is 6.10 Å². The van der Waals surface area contributed by atoms with Crippen LogP contribution in [0.15, 0.2) is 0 Å². The molecule has 10 heavy (non-hydrogen) atoms. The van der Waals surface area contributed by atoms with Crippen molar-refractivity contribution in [3.05, 3.63) is 0 Å². The molecule has 1 unspecified atom stereocenters. The Bertz CT molecular complexity index is 64.3. The first kappa shape index (κ1) is 9.92. The predicted octanol–water partition coefficient (Wildman–Crippen LogP) is 2.83. The lowest BCUT2D eigenvalue weighted by Gasteiger charge is -2.05. The largest absolute Gasteiger partial charge is 0.252 e. The molecule has 0 aromatic carbocycles. The third-order valence-corrected chi connectivity index (χ3v) is 1.64. The Kier molecular flexibility index (Phi) is 6.98. The van der Waals surface area contributed by atoms with Crippen LogP contribution in [0.3, 0.4) is 0 Å². The van der Waals surface area contributed by atoms with E-state index < -0.39 is 0 Å². The van der Waals surface area contributed by atoms with Gasteiger partial charge in [-0.3, -0.25) is 5.26 Å². The molecule has 0 aromatic rings. The van der Waals surface area contributed by atoms with E-state index in [0.29, 0.717) is 0 Å². The SMILES string of the molecule is CCCCCCC(C)OO. The van der Waals surface area contributed by atoms with Crippen molar-refractivity contribution in [3.8, 4) is 0 Å². The summed E-state index contributed by atoms with van der Waals surface area (Å²) in [5, 5.41) is 8.19. The Hall–Kier alpha value is -0.0800. The van der Waals surface area contributed by atoms with E-state index in [1.807, 2.05) is 6.92 Å². The average Bonchev–Trinajstić information content (AvgIpc) is 1.98. The zero-order valence-corrected chi connectivity index (χ0v) is 6.97. The smallest absolute Gasteiger partial charge is 0.0899 e. The van der Waals surface area contributed by atoms with Gasteiger partial charge < -0.3 is 0 Å². The molecule has 62 valence electrons. The van der Waals surface area contributed by atoms with E-state index in [1.54, 1.807) is 0 Å². The van der Waals surface area contributed by atoms with Crippen molar-refractivity contribution in [2.45, 2.75) is 52.1 Å². The molecular weight excluding hydrogens is 128 g/mol. The summed E-state index contributed by atoms with van der Waals surface area (Å²) in [5.41, 5.74) is 0. The van der Waals surface area contributed by atoms with Gasteiger partial charge in [-0.15, -0.1) is 0 Å². The van der Waals surface area contributed by atoms with E-state index in [2.05, 4.69) is 11.8 Å². The van der Waals surface area contributed by atoms with E-state index in [1.165, 1.54) is 19.3 Å². The second-order valence-corrected chi connectivity index (χ2v) is 2.77. The van der Waals surface area contributed by atoms with Crippen LogP contribution in [0.1, 0.15) is 46.0 Å². The molecule has 0 saturated heterocycles. The van der Waals surface area contributed by atoms with Crippen molar-refractivity contribution in [1.29, 1.82) is 0 Å². The summed E-state index contributed by atoms with van der Waals surface area (Å²) in [7, 11) is 0. The second kappa shape index (κ2) is 7.03. The first-order valence-corrected chi connectivity index (χ1v) is 4.11. The molecule has 2 heteroatoms. The molecule has 0 aliphatic rings. The van der Waals surface area contributed by atoms with Crippen LogP contribution in [0.25, 0.3) is 0 Å². The highest BCUT2D eigenvalue weighted by Crippen LogP contribution is 2.06. The van der Waals surface area contributed by atoms with Gasteiger partial charge in [0.05, 0.1) is 6.10 Å². The zero-order chi connectivity index (χ0) is 7.82. The van der Waals surface area contributed by atoms with Crippen LogP contribution < -0.4 is 0 Å². The Morgan fingerprint density at radius 2 is 2.00 bits per heavy atom. The standard InChI is InChI=1S/C8H18O2/c1-3-4-5-6-7-8(2)10-9/h8-9H,3-7H2,1-2H3. The lowest BCUT2D eigenvalue weighted by molar-refractivity contribution is -0.275. The van der Waals surface area contributed by atoms with Gasteiger partial charge in [0.25, 0.3) is 0 Å². The lowest BCUT2D eigenvalue weighted by Crippen LogP contribution is -2.03. The molecule has 0 amide bonds. The molecule has 0 spiro atoms. The second-order valence-electron chi connectivity index (χ2n) is 2.77. The minimum Gasteiger partial charge on any atom is -0.252 e. The highest BCUT2D eigenvalue weighted by atomic mass is 17.1. The van der Waals surface area contributed by atoms with Crippen LogP contribution in [0.4, 0.5) is 0 Å². The summed E-state index contributed by atoms with van der Waals surface area (Å²) < 4.78 is 0. The van der Waals surface area contributed by atoms with E-state index >= 15 is 0 Å². The number of hydrogen-bond donors (Lipinski definition) is 1. The van der Waals surface area contributed by atoms with Gasteiger partial charge in [-0.1, -0.05) is 32.6 Å². The Morgan fingerprint density at radius 3 is 2.50 bits per heavy atom. The van der Waals surface area contributed by atoms with Gasteiger partial charge in [0, 0.05) is 0 Å². The van der Waals surface area contributed by atoms with E-state index in [4.69, 9.17) is 5.26 Å². The topological polar surface area (TPSA) is 29.5 Å². The molecule has 2 nitrogen and oxygen atoms in total. The van der Waals surface area contributed by atoms with Crippen LogP contribution in [0, 0.1) is 0 Å². The Balaban J connectivity index is 2.89. The van der Waals surface area contributed by atoms with Crippen LogP contribution in [0.5, 0.6) is 0 Å². The Labute approximate surface area is 63.1 Å². The number of unbranched alkanes of at least 4 members (excludes halogenated alkanes) is 3. The van der Waals surface area contributed by atoms with Gasteiger partial charge >= 0.3 is 0 Å². The van der Waals surface area contributed by atoms with Gasteiger partial charge in [0.15, 0.2) is 0 Å². The first-order chi connectivity index (χ1) is 4.81. The predicted molar refractivity (Wildman–Crippen MR) is 41.9 cm³/mol. The molecule has 0 aromatic heterocycles. The maximum atomic E-state index is 8.19. The highest BCUT2D eigenvalue weighted by molar-refractivity contribution is 4.48. The summed E-state index contributed by atoms with van der Waals surface area (Å²) in [6.07, 6.45) is 5.94. The molecule has 0 bridgehead atoms. The Morgan fingerprint density at radius 1 is 1.30 bits per heavy atom. The average molecular weight is 146 g/mol. The third-order valence-electron chi connectivity index (χ3n) is 1.64. The van der Waals surface area contributed by atoms with Crippen LogP contribution in [-0.2, 0) is 4.89 Å². The van der Waals surface area contributed by atoms with E-state index in [9.17, 15) is 0 Å². The zero-order valence-electron chi connectivity index (χ0n) is 6.97. The molecule has 0 saturated carbocycles. The van der Waals surface area contributed by atoms with Crippen LogP contribution in [-0.4, -0.2) is 11.4 Å². The normalized spacial score (nSPS) is 13.5. The van der Waals surface area contributed by atoms with Gasteiger partial charge in [-0.2, -0.15) is 0 Å². The summed E-state index contributed by atoms with van der Waals surface area (Å²) in [6, 6.07) is 0. The maximum absolute atomic E-state index is 8.19. The molecular formula is C8H18O2. The van der Waals surface area contributed by atoms with Crippen molar-refractivity contribution < 1.29 is 10.1 Å². The molecule has 0 rings (SSSR count). The van der Waals surface area contributed by atoms with Crippen molar-refractivity contribution in [1.82, 2.24) is 0 Å². The maximum Gasteiger partial charge on any atom is 0.0899 e. The van der Waals surface area contributed by atoms with Gasteiger partial charge in [-0.25, -0.2) is 4.89 Å². The third kappa shape index (κ3) is 6.05. The fraction of sp³-hybridized carbons (Fsp3) is 1.00. The number of rotatable bonds is 6. The fourth-order valence-corrected chi connectivity index (χ4v) is 0.911. The van der Waals surface area contributed by atoms with Crippen molar-refractivity contribution >= 4 is 0 Å². The monoisotopic (exact) mass is 146 g/mol. The molecule has 0 aliphatic heterocycles. The van der Waals surface area contributed by atoms with Crippen molar-refractivity contribution in [2.75, 3.05) is 0 Å². The summed E-state index contributed by atoms with van der Waals surface area (Å²) in [5.74, 6) is 0. The van der Waals surface area contributed by atoms with Crippen molar-refractivity contribution in [2.24, 2.45) is 0 Å². The van der Waals surface area contributed by atoms with Crippen LogP contribution in [0.2, 0.25) is 0 Å². The first-order valence-electron chi connectivity index (χ1n) is 4.11. The highest BCUT2D eigenvalue weighted by Gasteiger charge is 1.98. The minimum absolute atomic E-state index is 0.0110. The molecule has 0 heterocycles. The van der Waals surface area contributed by atoms with Crippen molar-refractivity contribution in [3.63, 3.8) is 0 Å². The van der Waals surface area contributed by atoms with Gasteiger partial charge in [0.1, 0.15) is 0 Å². The summed E-state index contributed by atoms with van der Waals surface area (Å²) in [6.45, 7) is 4.07. The molecule has 1 atom stereocenters. The van der Waals surface area contributed by atoms with E-state index in [0.717, 1.165) is 12.8 Å². The van der Waals surface area contributed by atoms with Gasteiger partial charge in [0.2, 0.25) is 0 Å². The lowest BCUT2D eigenvalue weighted by atomic mass is 10.1. The summed E-state index contributed by atoms with van der Waals surface area (Å²) >= 11 is 0. The fourth-order valence-electron chi connectivity index (χ4n) is 0.911. The molecule has 0 aliphatic carbocycles. The summed E-state index contributed by atoms with van der Waals surface area (Å²) in [4.78, 5) is 4.13. The van der Waals surface area contributed by atoms with Crippen LogP contribution >= 0.6 is 0 Å². The quantitative estimate of drug-likeness (QED) is 0.354.